The fourth-order valence-electron chi connectivity index (χ4n) is 4.69. The molecule has 1 N–H and O–H groups in total. The van der Waals surface area contributed by atoms with E-state index >= 15 is 0 Å². The van der Waals surface area contributed by atoms with Gasteiger partial charge in [-0.25, -0.2) is 0 Å². The van der Waals surface area contributed by atoms with E-state index < -0.39 is 11.5 Å². The highest BCUT2D eigenvalue weighted by Crippen LogP contribution is 2.44. The summed E-state index contributed by atoms with van der Waals surface area (Å²) < 4.78 is 10.7. The molecule has 1 atom stereocenters. The van der Waals surface area contributed by atoms with Gasteiger partial charge in [-0.1, -0.05) is 60.7 Å². The Hall–Kier alpha value is -4.16. The van der Waals surface area contributed by atoms with Crippen molar-refractivity contribution in [2.24, 2.45) is 0 Å². The quantitative estimate of drug-likeness (QED) is 0.393. The van der Waals surface area contributed by atoms with Crippen LogP contribution in [0.25, 0.3) is 10.8 Å². The molecule has 0 saturated heterocycles. The molecule has 1 amide bonds. The van der Waals surface area contributed by atoms with Crippen molar-refractivity contribution >= 4 is 28.2 Å². The van der Waals surface area contributed by atoms with Gasteiger partial charge in [-0.05, 0) is 40.6 Å². The third-order valence-electron chi connectivity index (χ3n) is 6.52. The molecule has 176 valence electrons. The van der Waals surface area contributed by atoms with Crippen molar-refractivity contribution in [3.8, 4) is 11.5 Å². The van der Waals surface area contributed by atoms with Crippen LogP contribution in [0, 0.1) is 0 Å². The lowest BCUT2D eigenvalue weighted by Crippen LogP contribution is -2.41. The highest BCUT2D eigenvalue weighted by Gasteiger charge is 2.50. The number of ether oxygens (including phenoxy) is 2. The van der Waals surface area contributed by atoms with E-state index in [-0.39, 0.29) is 18.7 Å². The molecule has 4 aromatic rings. The number of ketones is 1. The van der Waals surface area contributed by atoms with Gasteiger partial charge >= 0.3 is 0 Å². The van der Waals surface area contributed by atoms with Crippen LogP contribution < -0.4 is 14.4 Å². The van der Waals surface area contributed by atoms with Crippen LogP contribution in [-0.2, 0) is 16.9 Å². The zero-order valence-corrected chi connectivity index (χ0v) is 19.5. The zero-order valence-electron chi connectivity index (χ0n) is 19.5. The number of carbonyl (C=O) groups excluding carboxylic acids is 2. The van der Waals surface area contributed by atoms with Gasteiger partial charge in [0.15, 0.2) is 22.9 Å². The van der Waals surface area contributed by atoms with Crippen LogP contribution in [0.2, 0.25) is 0 Å². The average molecular weight is 468 g/mol. The van der Waals surface area contributed by atoms with Crippen molar-refractivity contribution in [3.63, 3.8) is 0 Å². The standard InChI is InChI=1S/C29H25NO5/c1-34-26-14-11-19(15-27(26)35-2)18-30-24-10-6-5-9-23(24)29(33,28(30)32)17-25(31)22-13-12-20-7-3-4-8-21(20)16-22/h3-16,33H,17-18H2,1-2H3. The first-order valence-electron chi connectivity index (χ1n) is 11.3. The minimum absolute atomic E-state index is 0.211. The number of methoxy groups -OCH3 is 2. The number of aliphatic hydroxyl groups is 1. The Labute approximate surface area is 203 Å². The second-order valence-corrected chi connectivity index (χ2v) is 8.62. The van der Waals surface area contributed by atoms with Gasteiger partial charge in [0.05, 0.1) is 32.9 Å². The SMILES string of the molecule is COc1ccc(CN2C(=O)C(O)(CC(=O)c3ccc4ccccc4c3)c3ccccc32)cc1OC. The van der Waals surface area contributed by atoms with Crippen molar-refractivity contribution in [2.75, 3.05) is 19.1 Å². The maximum Gasteiger partial charge on any atom is 0.264 e. The zero-order chi connectivity index (χ0) is 24.6. The summed E-state index contributed by atoms with van der Waals surface area (Å²) in [4.78, 5) is 28.4. The number of fused-ring (bicyclic) bond motifs is 2. The minimum atomic E-state index is -1.95. The largest absolute Gasteiger partial charge is 0.493 e. The predicted octanol–water partition coefficient (Wildman–Crippen LogP) is 4.86. The lowest BCUT2D eigenvalue weighted by molar-refractivity contribution is -0.136. The van der Waals surface area contributed by atoms with Crippen LogP contribution in [0.3, 0.4) is 0 Å². The molecule has 0 bridgehead atoms. The number of Topliss-reactive ketones (excluding diaryl/α,β-unsaturated/α-hetero) is 1. The maximum atomic E-state index is 13.6. The van der Waals surface area contributed by atoms with Crippen molar-refractivity contribution in [1.82, 2.24) is 0 Å². The second-order valence-electron chi connectivity index (χ2n) is 8.62. The van der Waals surface area contributed by atoms with Gasteiger partial charge in [-0.15, -0.1) is 0 Å². The molecule has 6 nitrogen and oxygen atoms in total. The van der Waals surface area contributed by atoms with Crippen LogP contribution in [-0.4, -0.2) is 31.0 Å². The number of hydrogen-bond acceptors (Lipinski definition) is 5. The van der Waals surface area contributed by atoms with E-state index in [1.54, 1.807) is 56.7 Å². The number of carbonyl (C=O) groups is 2. The monoisotopic (exact) mass is 467 g/mol. The first-order chi connectivity index (χ1) is 16.9. The number of rotatable bonds is 7. The molecule has 0 aromatic heterocycles. The maximum absolute atomic E-state index is 13.6. The Balaban J connectivity index is 1.46. The molecule has 0 spiro atoms. The Morgan fingerprint density at radius 2 is 1.57 bits per heavy atom. The summed E-state index contributed by atoms with van der Waals surface area (Å²) in [5.41, 5.74) is 0.327. The summed E-state index contributed by atoms with van der Waals surface area (Å²) in [6.45, 7) is 0.211. The summed E-state index contributed by atoms with van der Waals surface area (Å²) >= 11 is 0. The molecule has 1 unspecified atom stereocenters. The number of para-hydroxylation sites is 1. The van der Waals surface area contributed by atoms with E-state index in [0.717, 1.165) is 16.3 Å². The topological polar surface area (TPSA) is 76.1 Å². The second kappa shape index (κ2) is 8.89. The minimum Gasteiger partial charge on any atom is -0.493 e. The Morgan fingerprint density at radius 3 is 2.34 bits per heavy atom. The Kier molecular flexibility index (Phi) is 5.75. The number of amides is 1. The molecule has 1 aliphatic rings. The van der Waals surface area contributed by atoms with Crippen LogP contribution >= 0.6 is 0 Å². The van der Waals surface area contributed by atoms with Gasteiger partial charge in [0.25, 0.3) is 5.91 Å². The van der Waals surface area contributed by atoms with E-state index in [1.165, 1.54) is 4.90 Å². The molecule has 5 rings (SSSR count). The molecule has 35 heavy (non-hydrogen) atoms. The first-order valence-corrected chi connectivity index (χ1v) is 11.3. The molecule has 0 fully saturated rings. The van der Waals surface area contributed by atoms with Gasteiger partial charge in [0.2, 0.25) is 0 Å². The molecule has 1 aliphatic heterocycles. The van der Waals surface area contributed by atoms with Crippen LogP contribution in [0.5, 0.6) is 11.5 Å². The smallest absolute Gasteiger partial charge is 0.264 e. The predicted molar refractivity (Wildman–Crippen MR) is 134 cm³/mol. The summed E-state index contributed by atoms with van der Waals surface area (Å²) in [6.07, 6.45) is -0.344. The third kappa shape index (κ3) is 3.92. The highest BCUT2D eigenvalue weighted by atomic mass is 16.5. The lowest BCUT2D eigenvalue weighted by atomic mass is 9.88. The Morgan fingerprint density at radius 1 is 0.857 bits per heavy atom. The van der Waals surface area contributed by atoms with Crippen molar-refractivity contribution in [1.29, 1.82) is 0 Å². The molecular weight excluding hydrogens is 442 g/mol. The molecule has 0 radical (unpaired) electrons. The van der Waals surface area contributed by atoms with Crippen LogP contribution in [0.1, 0.15) is 27.9 Å². The fraction of sp³-hybridized carbons (Fsp3) is 0.172. The van der Waals surface area contributed by atoms with E-state index in [2.05, 4.69) is 0 Å². The van der Waals surface area contributed by atoms with Gasteiger partial charge in [-0.2, -0.15) is 0 Å². The van der Waals surface area contributed by atoms with Crippen LogP contribution in [0.4, 0.5) is 5.69 Å². The number of anilines is 1. The average Bonchev–Trinajstić information content (AvgIpc) is 3.10. The van der Waals surface area contributed by atoms with E-state index in [4.69, 9.17) is 9.47 Å². The molecular formula is C29H25NO5. The van der Waals surface area contributed by atoms with Gasteiger partial charge in [-0.3, -0.25) is 9.59 Å². The highest BCUT2D eigenvalue weighted by molar-refractivity contribution is 6.11. The summed E-state index contributed by atoms with van der Waals surface area (Å²) in [5, 5.41) is 13.6. The summed E-state index contributed by atoms with van der Waals surface area (Å²) in [6, 6.07) is 25.6. The number of benzene rings is 4. The van der Waals surface area contributed by atoms with Crippen molar-refractivity contribution in [3.05, 3.63) is 102 Å². The number of hydrogen-bond donors (Lipinski definition) is 1. The lowest BCUT2D eigenvalue weighted by Gasteiger charge is -2.23. The first kappa shape index (κ1) is 22.6. The molecule has 0 aliphatic carbocycles. The van der Waals surface area contributed by atoms with Crippen LogP contribution in [0.15, 0.2) is 84.9 Å². The molecule has 4 aromatic carbocycles. The molecule has 1 heterocycles. The van der Waals surface area contributed by atoms with Crippen molar-refractivity contribution in [2.45, 2.75) is 18.6 Å². The van der Waals surface area contributed by atoms with E-state index in [9.17, 15) is 14.7 Å². The van der Waals surface area contributed by atoms with E-state index in [1.807, 2.05) is 42.5 Å². The fourth-order valence-corrected chi connectivity index (χ4v) is 4.69. The van der Waals surface area contributed by atoms with Gasteiger partial charge in [0.1, 0.15) is 0 Å². The van der Waals surface area contributed by atoms with Gasteiger partial charge in [0, 0.05) is 11.1 Å². The number of nitrogens with zero attached hydrogens (tertiary/aromatic N) is 1. The van der Waals surface area contributed by atoms with E-state index in [0.29, 0.717) is 28.3 Å². The van der Waals surface area contributed by atoms with Crippen molar-refractivity contribution < 1.29 is 24.2 Å². The Bertz CT molecular complexity index is 1450. The summed E-state index contributed by atoms with van der Waals surface area (Å²) in [5.74, 6) is 0.311. The molecule has 6 heteroatoms. The normalized spacial score (nSPS) is 16.9. The summed E-state index contributed by atoms with van der Waals surface area (Å²) in [7, 11) is 3.11. The third-order valence-corrected chi connectivity index (χ3v) is 6.52. The van der Waals surface area contributed by atoms with Gasteiger partial charge < -0.3 is 19.5 Å². The molecule has 0 saturated carbocycles.